The van der Waals surface area contributed by atoms with Crippen LogP contribution >= 0.6 is 23.2 Å². The molecule has 112 valence electrons. The minimum Gasteiger partial charge on any atom is -0.396 e. The van der Waals surface area contributed by atoms with Gasteiger partial charge in [-0.05, 0) is 31.0 Å². The average molecular weight is 319 g/mol. The second-order valence-electron chi connectivity index (χ2n) is 4.80. The van der Waals surface area contributed by atoms with Crippen LogP contribution in [0.15, 0.2) is 18.2 Å². The number of aliphatic hydroxyl groups excluding tert-OH is 1. The monoisotopic (exact) mass is 318 g/mol. The first-order chi connectivity index (χ1) is 9.46. The first kappa shape index (κ1) is 17.1. The van der Waals surface area contributed by atoms with Crippen molar-refractivity contribution in [3.05, 3.63) is 28.2 Å². The Labute approximate surface area is 129 Å². The van der Waals surface area contributed by atoms with Gasteiger partial charge in [-0.1, -0.05) is 37.0 Å². The number of aliphatic hydroxyl groups is 1. The number of anilines is 1. The van der Waals surface area contributed by atoms with Gasteiger partial charge in [-0.2, -0.15) is 0 Å². The van der Waals surface area contributed by atoms with Gasteiger partial charge in [-0.15, -0.1) is 0 Å². The van der Waals surface area contributed by atoms with E-state index in [0.29, 0.717) is 22.3 Å². The van der Waals surface area contributed by atoms with E-state index in [4.69, 9.17) is 23.2 Å². The fraction of sp³-hybridized carbons (Fsp3) is 0.500. The summed E-state index contributed by atoms with van der Waals surface area (Å²) >= 11 is 11.8. The maximum atomic E-state index is 11.9. The van der Waals surface area contributed by atoms with Crippen LogP contribution in [0.25, 0.3) is 0 Å². The van der Waals surface area contributed by atoms with E-state index in [1.165, 1.54) is 0 Å². The summed E-state index contributed by atoms with van der Waals surface area (Å²) in [6.45, 7) is 4.43. The molecule has 0 saturated heterocycles. The van der Waals surface area contributed by atoms with Crippen LogP contribution in [0.5, 0.6) is 0 Å². The van der Waals surface area contributed by atoms with E-state index in [2.05, 4.69) is 10.6 Å². The lowest BCUT2D eigenvalue weighted by Gasteiger charge is -2.29. The Balaban J connectivity index is 2.62. The number of urea groups is 1. The Morgan fingerprint density at radius 1 is 1.30 bits per heavy atom. The van der Waals surface area contributed by atoms with Crippen molar-refractivity contribution in [3.8, 4) is 0 Å². The van der Waals surface area contributed by atoms with Gasteiger partial charge in [-0.25, -0.2) is 4.79 Å². The largest absolute Gasteiger partial charge is 0.396 e. The minimum absolute atomic E-state index is 0.0399. The maximum absolute atomic E-state index is 11.9. The second-order valence-corrected chi connectivity index (χ2v) is 5.64. The van der Waals surface area contributed by atoms with Gasteiger partial charge in [0.25, 0.3) is 0 Å². The maximum Gasteiger partial charge on any atom is 0.319 e. The van der Waals surface area contributed by atoms with E-state index in [1.54, 1.807) is 18.2 Å². The molecular formula is C14H20Cl2N2O2. The number of nitrogens with one attached hydrogen (secondary N) is 2. The molecule has 1 aromatic carbocycles. The number of hydrogen-bond donors (Lipinski definition) is 3. The van der Waals surface area contributed by atoms with Crippen molar-refractivity contribution < 1.29 is 9.90 Å². The van der Waals surface area contributed by atoms with Crippen molar-refractivity contribution in [3.63, 3.8) is 0 Å². The third-order valence-electron chi connectivity index (χ3n) is 3.64. The lowest BCUT2D eigenvalue weighted by Crippen LogP contribution is -2.41. The number of hydrogen-bond acceptors (Lipinski definition) is 2. The number of rotatable bonds is 6. The van der Waals surface area contributed by atoms with Crippen molar-refractivity contribution in [2.75, 3.05) is 18.5 Å². The molecule has 0 fully saturated rings. The summed E-state index contributed by atoms with van der Waals surface area (Å²) in [6, 6.07) is 4.49. The van der Waals surface area contributed by atoms with Gasteiger partial charge in [0.05, 0.1) is 17.3 Å². The molecule has 0 saturated carbocycles. The molecule has 2 amide bonds. The van der Waals surface area contributed by atoms with Crippen LogP contribution in [-0.2, 0) is 0 Å². The third kappa shape index (κ3) is 4.54. The molecule has 0 aromatic heterocycles. The van der Waals surface area contributed by atoms with Crippen LogP contribution in [0.2, 0.25) is 10.0 Å². The summed E-state index contributed by atoms with van der Waals surface area (Å²) in [4.78, 5) is 11.9. The van der Waals surface area contributed by atoms with Crippen LogP contribution in [0.1, 0.15) is 26.7 Å². The lowest BCUT2D eigenvalue weighted by molar-refractivity contribution is 0.116. The number of carbonyl (C=O) groups excluding carboxylic acids is 1. The van der Waals surface area contributed by atoms with Gasteiger partial charge < -0.3 is 15.7 Å². The first-order valence-electron chi connectivity index (χ1n) is 6.57. The molecule has 0 spiro atoms. The standard InChI is InChI=1S/C14H20Cl2N2O2/c1-3-14(4-2,9-19)8-17-13(20)18-12-7-10(15)5-6-11(12)16/h5-7,19H,3-4,8-9H2,1-2H3,(H2,17,18,20). The Morgan fingerprint density at radius 3 is 2.50 bits per heavy atom. The summed E-state index contributed by atoms with van der Waals surface area (Å²) in [7, 11) is 0. The summed E-state index contributed by atoms with van der Waals surface area (Å²) in [6.07, 6.45) is 1.58. The van der Waals surface area contributed by atoms with Crippen LogP contribution in [0.3, 0.4) is 0 Å². The van der Waals surface area contributed by atoms with Crippen molar-refractivity contribution in [1.29, 1.82) is 0 Å². The highest BCUT2D eigenvalue weighted by Gasteiger charge is 2.25. The number of amides is 2. The fourth-order valence-electron chi connectivity index (χ4n) is 1.81. The Bertz CT molecular complexity index is 454. The smallest absolute Gasteiger partial charge is 0.319 e. The molecule has 0 radical (unpaired) electrons. The van der Waals surface area contributed by atoms with Crippen molar-refractivity contribution >= 4 is 34.9 Å². The predicted molar refractivity (Wildman–Crippen MR) is 83.6 cm³/mol. The van der Waals surface area contributed by atoms with E-state index in [9.17, 15) is 9.90 Å². The zero-order valence-corrected chi connectivity index (χ0v) is 13.2. The normalized spacial score (nSPS) is 11.2. The van der Waals surface area contributed by atoms with E-state index in [1.807, 2.05) is 13.8 Å². The molecule has 0 aliphatic rings. The second kappa shape index (κ2) is 7.72. The van der Waals surface area contributed by atoms with E-state index >= 15 is 0 Å². The molecule has 0 unspecified atom stereocenters. The highest BCUT2D eigenvalue weighted by atomic mass is 35.5. The molecule has 0 atom stereocenters. The molecule has 1 rings (SSSR count). The van der Waals surface area contributed by atoms with Gasteiger partial charge in [0.15, 0.2) is 0 Å². The molecule has 4 nitrogen and oxygen atoms in total. The van der Waals surface area contributed by atoms with Crippen LogP contribution in [0, 0.1) is 5.41 Å². The van der Waals surface area contributed by atoms with Gasteiger partial charge in [-0.3, -0.25) is 0 Å². The van der Waals surface area contributed by atoms with Crippen LogP contribution < -0.4 is 10.6 Å². The molecule has 0 bridgehead atoms. The lowest BCUT2D eigenvalue weighted by atomic mass is 9.83. The van der Waals surface area contributed by atoms with Crippen molar-refractivity contribution in [2.45, 2.75) is 26.7 Å². The number of benzene rings is 1. The molecule has 0 heterocycles. The third-order valence-corrected chi connectivity index (χ3v) is 4.20. The zero-order chi connectivity index (χ0) is 15.2. The Hall–Kier alpha value is -0.970. The highest BCUT2D eigenvalue weighted by Crippen LogP contribution is 2.26. The van der Waals surface area contributed by atoms with Gasteiger partial charge in [0.1, 0.15) is 0 Å². The van der Waals surface area contributed by atoms with E-state index < -0.39 is 0 Å². The van der Waals surface area contributed by atoms with E-state index in [-0.39, 0.29) is 18.1 Å². The van der Waals surface area contributed by atoms with Gasteiger partial charge in [0.2, 0.25) is 0 Å². The molecule has 3 N–H and O–H groups in total. The summed E-state index contributed by atoms with van der Waals surface area (Å²) in [5, 5.41) is 15.8. The molecule has 0 aliphatic heterocycles. The average Bonchev–Trinajstić information content (AvgIpc) is 2.45. The highest BCUT2D eigenvalue weighted by molar-refractivity contribution is 6.35. The Kier molecular flexibility index (Phi) is 6.59. The number of halogens is 2. The van der Waals surface area contributed by atoms with Crippen molar-refractivity contribution in [2.24, 2.45) is 5.41 Å². The molecule has 0 aliphatic carbocycles. The fourth-order valence-corrected chi connectivity index (χ4v) is 2.14. The predicted octanol–water partition coefficient (Wildman–Crippen LogP) is 3.91. The van der Waals surface area contributed by atoms with Crippen LogP contribution in [0.4, 0.5) is 10.5 Å². The van der Waals surface area contributed by atoms with E-state index in [0.717, 1.165) is 12.8 Å². The van der Waals surface area contributed by atoms with Crippen LogP contribution in [-0.4, -0.2) is 24.3 Å². The minimum atomic E-state index is -0.367. The first-order valence-corrected chi connectivity index (χ1v) is 7.32. The Morgan fingerprint density at radius 2 is 1.95 bits per heavy atom. The topological polar surface area (TPSA) is 61.4 Å². The number of carbonyl (C=O) groups is 1. The molecule has 6 heteroatoms. The molecular weight excluding hydrogens is 299 g/mol. The molecule has 1 aromatic rings. The summed E-state index contributed by atoms with van der Waals surface area (Å²) in [5.74, 6) is 0. The summed E-state index contributed by atoms with van der Waals surface area (Å²) < 4.78 is 0. The van der Waals surface area contributed by atoms with Gasteiger partial charge in [0, 0.05) is 17.0 Å². The van der Waals surface area contributed by atoms with Gasteiger partial charge >= 0.3 is 6.03 Å². The zero-order valence-electron chi connectivity index (χ0n) is 11.7. The SMILES string of the molecule is CCC(CC)(CO)CNC(=O)Nc1cc(Cl)ccc1Cl. The quantitative estimate of drug-likeness (QED) is 0.744. The van der Waals surface area contributed by atoms with Crippen molar-refractivity contribution in [1.82, 2.24) is 5.32 Å². The molecule has 20 heavy (non-hydrogen) atoms. The summed E-state index contributed by atoms with van der Waals surface area (Å²) in [5.41, 5.74) is 0.175.